The first-order valence-electron chi connectivity index (χ1n) is 6.12. The Balaban J connectivity index is 2.16. The van der Waals surface area contributed by atoms with Crippen LogP contribution >= 0.6 is 12.2 Å². The molecule has 0 bridgehead atoms. The zero-order valence-electron chi connectivity index (χ0n) is 11.1. The van der Waals surface area contributed by atoms with Crippen LogP contribution in [0.5, 0.6) is 0 Å². The Labute approximate surface area is 118 Å². The second-order valence-corrected chi connectivity index (χ2v) is 4.76. The highest BCUT2D eigenvalue weighted by molar-refractivity contribution is 7.71. The Hall–Kier alpha value is -1.35. The monoisotopic (exact) mass is 308 g/mol. The lowest BCUT2D eigenvalue weighted by Crippen LogP contribution is -2.19. The van der Waals surface area contributed by atoms with Crippen LogP contribution in [0.15, 0.2) is 0 Å². The highest BCUT2D eigenvalue weighted by atomic mass is 32.1. The van der Waals surface area contributed by atoms with Gasteiger partial charge in [0.2, 0.25) is 0 Å². The lowest BCUT2D eigenvalue weighted by Gasteiger charge is -2.08. The van der Waals surface area contributed by atoms with E-state index in [1.54, 1.807) is 16.3 Å². The molecule has 0 aliphatic rings. The topological polar surface area (TPSA) is 47.8 Å². The smallest absolute Gasteiger partial charge is 0.370 e. The Kier molecular flexibility index (Phi) is 4.19. The fourth-order valence-electron chi connectivity index (χ4n) is 2.08. The van der Waals surface area contributed by atoms with E-state index < -0.39 is 12.8 Å². The highest BCUT2D eigenvalue weighted by Crippen LogP contribution is 2.18. The third kappa shape index (κ3) is 3.04. The molecule has 9 heteroatoms. The molecule has 0 saturated heterocycles. The fourth-order valence-corrected chi connectivity index (χ4v) is 2.36. The summed E-state index contributed by atoms with van der Waals surface area (Å²) in [5, 5.41) is 4.33. The first-order valence-corrected chi connectivity index (χ1v) is 6.53. The van der Waals surface area contributed by atoms with Crippen molar-refractivity contribution in [2.24, 2.45) is 7.05 Å². The van der Waals surface area contributed by atoms with E-state index in [0.717, 1.165) is 23.3 Å². The number of nitrogens with zero attached hydrogens (tertiary/aromatic N) is 3. The molecule has 0 saturated carbocycles. The molecule has 0 amide bonds. The van der Waals surface area contributed by atoms with Crippen molar-refractivity contribution < 1.29 is 17.9 Å². The van der Waals surface area contributed by atoms with Gasteiger partial charge in [-0.1, -0.05) is 6.92 Å². The molecule has 1 N–H and O–H groups in total. The second kappa shape index (κ2) is 5.57. The van der Waals surface area contributed by atoms with E-state index >= 15 is 0 Å². The summed E-state index contributed by atoms with van der Waals surface area (Å²) in [6, 6.07) is 0. The summed E-state index contributed by atoms with van der Waals surface area (Å²) in [6.07, 6.45) is -3.56. The summed E-state index contributed by atoms with van der Waals surface area (Å²) < 4.78 is 44.4. The summed E-state index contributed by atoms with van der Waals surface area (Å²) in [5.74, 6) is 0. The molecule has 0 aliphatic carbocycles. The van der Waals surface area contributed by atoms with Crippen LogP contribution in [0.4, 0.5) is 13.2 Å². The van der Waals surface area contributed by atoms with E-state index in [0.29, 0.717) is 4.77 Å². The minimum absolute atomic E-state index is 0.0621. The predicted molar refractivity (Wildman–Crippen MR) is 70.1 cm³/mol. The Morgan fingerprint density at radius 2 is 2.10 bits per heavy atom. The minimum atomic E-state index is -4.31. The summed E-state index contributed by atoms with van der Waals surface area (Å²) in [4.78, 5) is 3.04. The fraction of sp³-hybridized carbons (Fsp3) is 0.636. The number of imidazole rings is 1. The van der Waals surface area contributed by atoms with Crippen molar-refractivity contribution in [2.75, 3.05) is 13.2 Å². The van der Waals surface area contributed by atoms with Crippen molar-refractivity contribution in [2.45, 2.75) is 26.1 Å². The number of ether oxygens (including phenoxy) is 1. The molecule has 0 aromatic carbocycles. The van der Waals surface area contributed by atoms with Crippen LogP contribution in [0, 0.1) is 4.77 Å². The van der Waals surface area contributed by atoms with Crippen LogP contribution in [-0.4, -0.2) is 38.7 Å². The zero-order chi connectivity index (χ0) is 14.9. The zero-order valence-corrected chi connectivity index (χ0v) is 11.9. The van der Waals surface area contributed by atoms with Crippen molar-refractivity contribution in [1.82, 2.24) is 19.3 Å². The molecular weight excluding hydrogens is 293 g/mol. The quantitative estimate of drug-likeness (QED) is 0.682. The SMILES string of the molecule is CCc1nn(C)c2c1[nH]c(=S)n2CCOCC(F)(F)F. The van der Waals surface area contributed by atoms with Crippen LogP contribution < -0.4 is 0 Å². The van der Waals surface area contributed by atoms with E-state index in [-0.39, 0.29) is 13.2 Å². The first kappa shape index (κ1) is 15.0. The van der Waals surface area contributed by atoms with E-state index in [4.69, 9.17) is 12.2 Å². The van der Waals surface area contributed by atoms with Crippen LogP contribution in [0.1, 0.15) is 12.6 Å². The molecule has 0 aliphatic heterocycles. The summed E-state index contributed by atoms with van der Waals surface area (Å²) in [7, 11) is 1.77. The molecule has 2 aromatic heterocycles. The molecule has 112 valence electrons. The van der Waals surface area contributed by atoms with Gasteiger partial charge in [0.05, 0.1) is 18.8 Å². The molecule has 20 heavy (non-hydrogen) atoms. The highest BCUT2D eigenvalue weighted by Gasteiger charge is 2.27. The summed E-state index contributed by atoms with van der Waals surface area (Å²) in [5.41, 5.74) is 2.47. The van der Waals surface area contributed by atoms with Gasteiger partial charge in [0.15, 0.2) is 10.4 Å². The van der Waals surface area contributed by atoms with Gasteiger partial charge in [-0.2, -0.15) is 18.3 Å². The van der Waals surface area contributed by atoms with Gasteiger partial charge in [0.1, 0.15) is 12.1 Å². The van der Waals surface area contributed by atoms with Gasteiger partial charge in [-0.25, -0.2) is 0 Å². The number of hydrogen-bond donors (Lipinski definition) is 1. The number of halogens is 3. The number of aromatic amines is 1. The van der Waals surface area contributed by atoms with Gasteiger partial charge < -0.3 is 9.72 Å². The maximum absolute atomic E-state index is 12.0. The van der Waals surface area contributed by atoms with Gasteiger partial charge in [0, 0.05) is 7.05 Å². The van der Waals surface area contributed by atoms with E-state index in [1.807, 2.05) is 6.92 Å². The average Bonchev–Trinajstić information content (AvgIpc) is 2.82. The maximum atomic E-state index is 12.0. The van der Waals surface area contributed by atoms with Crippen LogP contribution in [0.25, 0.3) is 11.2 Å². The largest absolute Gasteiger partial charge is 0.411 e. The molecular formula is C11H15F3N4OS. The van der Waals surface area contributed by atoms with Crippen LogP contribution in [0.2, 0.25) is 0 Å². The normalized spacial score (nSPS) is 12.4. The second-order valence-electron chi connectivity index (χ2n) is 4.37. The van der Waals surface area contributed by atoms with Gasteiger partial charge in [0.25, 0.3) is 0 Å². The third-order valence-electron chi connectivity index (χ3n) is 2.88. The van der Waals surface area contributed by atoms with E-state index in [9.17, 15) is 13.2 Å². The van der Waals surface area contributed by atoms with Gasteiger partial charge >= 0.3 is 6.18 Å². The van der Waals surface area contributed by atoms with Gasteiger partial charge in [-0.05, 0) is 18.6 Å². The number of nitrogens with one attached hydrogen (secondary N) is 1. The van der Waals surface area contributed by atoms with Gasteiger partial charge in [-0.3, -0.25) is 9.25 Å². The van der Waals surface area contributed by atoms with Crippen molar-refractivity contribution in [3.05, 3.63) is 10.5 Å². The lowest BCUT2D eigenvalue weighted by molar-refractivity contribution is -0.174. The number of alkyl halides is 3. The molecule has 0 radical (unpaired) electrons. The van der Waals surface area contributed by atoms with Crippen molar-refractivity contribution in [3.63, 3.8) is 0 Å². The number of hydrogen-bond acceptors (Lipinski definition) is 3. The van der Waals surface area contributed by atoms with Crippen LogP contribution in [-0.2, 0) is 24.8 Å². The molecule has 0 fully saturated rings. The molecule has 2 rings (SSSR count). The maximum Gasteiger partial charge on any atom is 0.411 e. The summed E-state index contributed by atoms with van der Waals surface area (Å²) in [6.45, 7) is 0.910. The lowest BCUT2D eigenvalue weighted by atomic mass is 10.3. The third-order valence-corrected chi connectivity index (χ3v) is 3.20. The van der Waals surface area contributed by atoms with Gasteiger partial charge in [-0.15, -0.1) is 0 Å². The number of aryl methyl sites for hydroxylation is 2. The standard InChI is InChI=1S/C11H15F3N4OS/c1-3-7-8-9(17(2)16-7)18(10(20)15-8)4-5-19-6-11(12,13)14/h3-6H2,1-2H3,(H,15,20). The Morgan fingerprint density at radius 1 is 1.40 bits per heavy atom. The molecule has 0 unspecified atom stereocenters. The average molecular weight is 308 g/mol. The molecule has 0 spiro atoms. The molecule has 2 heterocycles. The molecule has 2 aromatic rings. The number of H-pyrrole nitrogens is 1. The van der Waals surface area contributed by atoms with Crippen molar-refractivity contribution in [3.8, 4) is 0 Å². The molecule has 5 nitrogen and oxygen atoms in total. The minimum Gasteiger partial charge on any atom is -0.370 e. The first-order chi connectivity index (χ1) is 9.33. The van der Waals surface area contributed by atoms with E-state index in [2.05, 4.69) is 14.8 Å². The number of aromatic nitrogens is 4. The van der Waals surface area contributed by atoms with Crippen LogP contribution in [0.3, 0.4) is 0 Å². The number of fused-ring (bicyclic) bond motifs is 1. The van der Waals surface area contributed by atoms with Crippen molar-refractivity contribution in [1.29, 1.82) is 0 Å². The number of rotatable bonds is 5. The summed E-state index contributed by atoms with van der Waals surface area (Å²) >= 11 is 5.19. The predicted octanol–water partition coefficient (Wildman–Crippen LogP) is 2.57. The van der Waals surface area contributed by atoms with E-state index in [1.165, 1.54) is 0 Å². The Morgan fingerprint density at radius 3 is 2.70 bits per heavy atom. The Bertz CT molecular complexity index is 655. The van der Waals surface area contributed by atoms with Crippen molar-refractivity contribution >= 4 is 23.4 Å². The molecule has 0 atom stereocenters.